The van der Waals surface area contributed by atoms with E-state index in [4.69, 9.17) is 28.2 Å². The van der Waals surface area contributed by atoms with Crippen molar-refractivity contribution in [3.63, 3.8) is 0 Å². The van der Waals surface area contributed by atoms with Crippen LogP contribution in [0.4, 0.5) is 0 Å². The molecule has 1 atom stereocenters. The van der Waals surface area contributed by atoms with Crippen molar-refractivity contribution >= 4 is 17.6 Å². The number of hydrogen-bond acceptors (Lipinski definition) is 3. The second-order valence-corrected chi connectivity index (χ2v) is 4.19. The Bertz CT molecular complexity index is 393. The summed E-state index contributed by atoms with van der Waals surface area (Å²) in [5.74, 6) is -1.69. The molecule has 1 rings (SSSR count). The maximum absolute atomic E-state index is 11.0. The van der Waals surface area contributed by atoms with Crippen LogP contribution >= 0.6 is 11.6 Å². The summed E-state index contributed by atoms with van der Waals surface area (Å²) >= 11 is 5.85. The highest BCUT2D eigenvalue weighted by Gasteiger charge is 2.38. The first-order valence-corrected chi connectivity index (χ1v) is 5.34. The molecule has 1 aromatic carbocycles. The lowest BCUT2D eigenvalue weighted by Gasteiger charge is -2.29. The molecule has 0 radical (unpaired) electrons. The molecule has 0 saturated carbocycles. The van der Waals surface area contributed by atoms with Gasteiger partial charge in [0.25, 0.3) is 0 Å². The molecular weight excluding hydrogens is 228 g/mol. The van der Waals surface area contributed by atoms with Crippen LogP contribution in [0.2, 0.25) is 5.02 Å². The van der Waals surface area contributed by atoms with E-state index >= 15 is 0 Å². The number of nitrogens with two attached hydrogens (primary N) is 2. The zero-order valence-corrected chi connectivity index (χ0v) is 9.74. The topological polar surface area (TPSA) is 89.3 Å². The van der Waals surface area contributed by atoms with Gasteiger partial charge in [0.1, 0.15) is 0 Å². The quantitative estimate of drug-likeness (QED) is 0.699. The molecule has 0 aliphatic rings. The van der Waals surface area contributed by atoms with Crippen LogP contribution in [-0.2, 0) is 4.79 Å². The highest BCUT2D eigenvalue weighted by molar-refractivity contribution is 6.30. The molecule has 0 spiro atoms. The lowest BCUT2D eigenvalue weighted by molar-refractivity contribution is -0.144. The van der Waals surface area contributed by atoms with Crippen LogP contribution < -0.4 is 11.5 Å². The summed E-state index contributed by atoms with van der Waals surface area (Å²) in [6, 6.07) is 6.93. The van der Waals surface area contributed by atoms with Crippen LogP contribution in [0.1, 0.15) is 24.8 Å². The predicted octanol–water partition coefficient (Wildman–Crippen LogP) is 1.53. The Hall–Kier alpha value is -1.10. The zero-order valence-electron chi connectivity index (χ0n) is 8.98. The van der Waals surface area contributed by atoms with Crippen molar-refractivity contribution in [2.24, 2.45) is 11.5 Å². The van der Waals surface area contributed by atoms with Gasteiger partial charge in [0.15, 0.2) is 5.66 Å². The van der Waals surface area contributed by atoms with E-state index in [0.717, 1.165) is 5.56 Å². The number of hydrogen-bond donors (Lipinski definition) is 3. The Morgan fingerprint density at radius 2 is 2.19 bits per heavy atom. The normalized spacial score (nSPS) is 13.5. The second-order valence-electron chi connectivity index (χ2n) is 3.75. The van der Waals surface area contributed by atoms with Crippen LogP contribution in [0.5, 0.6) is 0 Å². The Kier molecular flexibility index (Phi) is 3.91. The average molecular weight is 243 g/mol. The van der Waals surface area contributed by atoms with Gasteiger partial charge in [-0.15, -0.1) is 0 Å². The monoisotopic (exact) mass is 242 g/mol. The fourth-order valence-electron chi connectivity index (χ4n) is 1.72. The number of benzene rings is 1. The van der Waals surface area contributed by atoms with Crippen molar-refractivity contribution in [3.05, 3.63) is 34.9 Å². The first-order valence-electron chi connectivity index (χ1n) is 4.96. The summed E-state index contributed by atoms with van der Waals surface area (Å²) in [4.78, 5) is 11.0. The summed E-state index contributed by atoms with van der Waals surface area (Å²) in [5.41, 5.74) is 10.2. The molecule has 0 saturated heterocycles. The van der Waals surface area contributed by atoms with Crippen molar-refractivity contribution in [2.75, 3.05) is 0 Å². The van der Waals surface area contributed by atoms with Crippen LogP contribution in [0, 0.1) is 0 Å². The minimum Gasteiger partial charge on any atom is -0.479 e. The van der Waals surface area contributed by atoms with Gasteiger partial charge in [0.05, 0.1) is 0 Å². The zero-order chi connectivity index (χ0) is 12.3. The van der Waals surface area contributed by atoms with Gasteiger partial charge < -0.3 is 16.6 Å². The summed E-state index contributed by atoms with van der Waals surface area (Å²) in [6.07, 6.45) is 0.527. The summed E-state index contributed by atoms with van der Waals surface area (Å²) in [6.45, 7) is 1.84. The molecule has 5 heteroatoms. The van der Waals surface area contributed by atoms with Crippen molar-refractivity contribution in [3.8, 4) is 0 Å². The third kappa shape index (κ3) is 2.52. The number of carboxylic acids is 1. The molecule has 0 aromatic heterocycles. The highest BCUT2D eigenvalue weighted by Crippen LogP contribution is 2.28. The summed E-state index contributed by atoms with van der Waals surface area (Å²) in [5, 5.41) is 9.53. The predicted molar refractivity (Wildman–Crippen MR) is 63.2 cm³/mol. The van der Waals surface area contributed by atoms with E-state index in [9.17, 15) is 4.79 Å². The van der Waals surface area contributed by atoms with E-state index in [1.165, 1.54) is 0 Å². The van der Waals surface area contributed by atoms with Crippen LogP contribution in [0.15, 0.2) is 24.3 Å². The van der Waals surface area contributed by atoms with Crippen LogP contribution in [0.3, 0.4) is 0 Å². The van der Waals surface area contributed by atoms with E-state index in [0.29, 0.717) is 11.4 Å². The van der Waals surface area contributed by atoms with Crippen molar-refractivity contribution in [2.45, 2.75) is 24.9 Å². The van der Waals surface area contributed by atoms with Crippen molar-refractivity contribution < 1.29 is 9.90 Å². The third-order valence-corrected chi connectivity index (χ3v) is 2.84. The van der Waals surface area contributed by atoms with Crippen LogP contribution in [0.25, 0.3) is 0 Å². The molecule has 16 heavy (non-hydrogen) atoms. The second kappa shape index (κ2) is 4.82. The van der Waals surface area contributed by atoms with Gasteiger partial charge in [-0.25, -0.2) is 4.79 Å². The molecule has 5 N–H and O–H groups in total. The smallest absolute Gasteiger partial charge is 0.339 e. The van der Waals surface area contributed by atoms with E-state index in [1.54, 1.807) is 24.3 Å². The van der Waals surface area contributed by atoms with Gasteiger partial charge in [0.2, 0.25) is 0 Å². The molecule has 0 bridgehead atoms. The molecule has 0 aliphatic heterocycles. The summed E-state index contributed by atoms with van der Waals surface area (Å²) in [7, 11) is 0. The Morgan fingerprint density at radius 3 is 2.62 bits per heavy atom. The van der Waals surface area contributed by atoms with Gasteiger partial charge in [-0.2, -0.15) is 0 Å². The van der Waals surface area contributed by atoms with Gasteiger partial charge in [-0.1, -0.05) is 30.7 Å². The van der Waals surface area contributed by atoms with E-state index in [1.807, 2.05) is 6.92 Å². The van der Waals surface area contributed by atoms with Crippen molar-refractivity contribution in [1.29, 1.82) is 0 Å². The minimum absolute atomic E-state index is 0.469. The van der Waals surface area contributed by atoms with Gasteiger partial charge in [-0.05, 0) is 24.1 Å². The molecule has 0 amide bonds. The van der Waals surface area contributed by atoms with Gasteiger partial charge in [0, 0.05) is 10.9 Å². The third-order valence-electron chi connectivity index (χ3n) is 2.61. The molecular formula is C11H15ClN2O2. The number of aliphatic carboxylic acids is 1. The molecule has 0 unspecified atom stereocenters. The molecule has 0 fully saturated rings. The van der Waals surface area contributed by atoms with Crippen molar-refractivity contribution in [1.82, 2.24) is 0 Å². The molecule has 0 aliphatic carbocycles. The molecule has 0 heterocycles. The Morgan fingerprint density at radius 1 is 1.56 bits per heavy atom. The van der Waals surface area contributed by atoms with E-state index < -0.39 is 17.6 Å². The Labute approximate surface area is 99.2 Å². The van der Waals surface area contributed by atoms with E-state index in [2.05, 4.69) is 0 Å². The highest BCUT2D eigenvalue weighted by atomic mass is 35.5. The number of halogens is 1. The average Bonchev–Trinajstić information content (AvgIpc) is 2.18. The van der Waals surface area contributed by atoms with Gasteiger partial charge in [-0.3, -0.25) is 0 Å². The lowest BCUT2D eigenvalue weighted by atomic mass is 9.85. The van der Waals surface area contributed by atoms with Crippen LogP contribution in [-0.4, -0.2) is 16.7 Å². The molecule has 4 nitrogen and oxygen atoms in total. The van der Waals surface area contributed by atoms with Gasteiger partial charge >= 0.3 is 5.97 Å². The molecule has 88 valence electrons. The SMILES string of the molecule is CC[C@H](c1cccc(Cl)c1)C(N)(N)C(=O)O. The molecule has 1 aromatic rings. The maximum Gasteiger partial charge on any atom is 0.339 e. The fraction of sp³-hybridized carbons (Fsp3) is 0.364. The number of carbonyl (C=O) groups is 1. The standard InChI is InChI=1S/C11H15ClN2O2/c1-2-9(11(13,14)10(15)16)7-4-3-5-8(12)6-7/h3-6,9H,2,13-14H2,1H3,(H,15,16)/t9-/m1/s1. The first kappa shape index (κ1) is 13.0. The fourth-order valence-corrected chi connectivity index (χ4v) is 1.92. The first-order chi connectivity index (χ1) is 7.39. The number of carboxylic acid groups (broad SMARTS) is 1. The Balaban J connectivity index is 3.12. The largest absolute Gasteiger partial charge is 0.479 e. The summed E-state index contributed by atoms with van der Waals surface area (Å²) < 4.78 is 0. The lowest BCUT2D eigenvalue weighted by Crippen LogP contribution is -2.60. The minimum atomic E-state index is -1.78. The number of rotatable bonds is 4. The maximum atomic E-state index is 11.0. The van der Waals surface area contributed by atoms with E-state index in [-0.39, 0.29) is 0 Å².